The van der Waals surface area contributed by atoms with Crippen LogP contribution < -0.4 is 10.2 Å². The summed E-state index contributed by atoms with van der Waals surface area (Å²) >= 11 is 1.27. The van der Waals surface area contributed by atoms with Gasteiger partial charge in [-0.2, -0.15) is 8.75 Å². The molecule has 26 heavy (non-hydrogen) atoms. The number of nitrogens with zero attached hydrogens (tertiary/aromatic N) is 6. The lowest BCUT2D eigenvalue weighted by Gasteiger charge is -2.35. The maximum absolute atomic E-state index is 8.92. The van der Waals surface area contributed by atoms with E-state index in [-0.39, 0.29) is 6.61 Å². The van der Waals surface area contributed by atoms with Gasteiger partial charge in [-0.05, 0) is 11.6 Å². The van der Waals surface area contributed by atoms with E-state index < -0.39 is 0 Å². The van der Waals surface area contributed by atoms with Crippen molar-refractivity contribution in [2.75, 3.05) is 49.5 Å². The van der Waals surface area contributed by atoms with Crippen LogP contribution in [0.15, 0.2) is 30.6 Å². The van der Waals surface area contributed by atoms with Crippen molar-refractivity contribution in [3.05, 3.63) is 36.2 Å². The second kappa shape index (κ2) is 7.90. The van der Waals surface area contributed by atoms with E-state index in [1.807, 2.05) is 12.1 Å². The van der Waals surface area contributed by atoms with Gasteiger partial charge in [-0.1, -0.05) is 12.1 Å². The number of piperazine rings is 1. The van der Waals surface area contributed by atoms with Crippen molar-refractivity contribution in [2.24, 2.45) is 0 Å². The molecular formula is C17H21N7OS. The molecule has 1 aliphatic heterocycles. The Morgan fingerprint density at radius 3 is 2.85 bits per heavy atom. The number of benzene rings is 1. The summed E-state index contributed by atoms with van der Waals surface area (Å²) in [5.41, 5.74) is 3.24. The number of aliphatic hydroxyl groups excluding tert-OH is 1. The molecule has 0 saturated carbocycles. The van der Waals surface area contributed by atoms with Crippen molar-refractivity contribution in [1.82, 2.24) is 23.6 Å². The molecule has 3 heterocycles. The van der Waals surface area contributed by atoms with Crippen LogP contribution in [0.3, 0.4) is 0 Å². The largest absolute Gasteiger partial charge is 0.395 e. The monoisotopic (exact) mass is 371 g/mol. The molecule has 0 amide bonds. The van der Waals surface area contributed by atoms with Crippen LogP contribution in [0.1, 0.15) is 5.56 Å². The van der Waals surface area contributed by atoms with Gasteiger partial charge in [0, 0.05) is 45.3 Å². The number of rotatable bonds is 6. The van der Waals surface area contributed by atoms with Gasteiger partial charge in [0.1, 0.15) is 29.0 Å². The van der Waals surface area contributed by atoms with E-state index in [2.05, 4.69) is 46.0 Å². The lowest BCUT2D eigenvalue weighted by molar-refractivity contribution is 0.250. The maximum Gasteiger partial charge on any atom is 0.134 e. The molecule has 0 atom stereocenters. The zero-order chi connectivity index (χ0) is 17.8. The third kappa shape index (κ3) is 3.74. The van der Waals surface area contributed by atoms with Gasteiger partial charge >= 0.3 is 0 Å². The Kier molecular flexibility index (Phi) is 5.19. The molecule has 2 aromatic heterocycles. The van der Waals surface area contributed by atoms with Crippen LogP contribution in [-0.2, 0) is 6.54 Å². The molecule has 0 aliphatic carbocycles. The van der Waals surface area contributed by atoms with Gasteiger partial charge in [0.2, 0.25) is 0 Å². The molecule has 9 heteroatoms. The zero-order valence-corrected chi connectivity index (χ0v) is 15.2. The fraction of sp³-hybridized carbons (Fsp3) is 0.412. The maximum atomic E-state index is 8.92. The van der Waals surface area contributed by atoms with Gasteiger partial charge < -0.3 is 15.3 Å². The smallest absolute Gasteiger partial charge is 0.134 e. The van der Waals surface area contributed by atoms with Gasteiger partial charge in [0.05, 0.1) is 18.3 Å². The average Bonchev–Trinajstić information content (AvgIpc) is 3.17. The third-order valence-corrected chi connectivity index (χ3v) is 5.07. The number of anilines is 2. The lowest BCUT2D eigenvalue weighted by atomic mass is 10.1. The van der Waals surface area contributed by atoms with E-state index in [9.17, 15) is 0 Å². The van der Waals surface area contributed by atoms with Crippen LogP contribution in [0.5, 0.6) is 0 Å². The normalized spacial score (nSPS) is 15.5. The summed E-state index contributed by atoms with van der Waals surface area (Å²) in [6.45, 7) is 5.24. The number of hydrogen-bond donors (Lipinski definition) is 2. The predicted molar refractivity (Wildman–Crippen MR) is 103 cm³/mol. The summed E-state index contributed by atoms with van der Waals surface area (Å²) in [5.74, 6) is 1.67. The van der Waals surface area contributed by atoms with Crippen LogP contribution >= 0.6 is 11.7 Å². The molecule has 0 unspecified atom stereocenters. The predicted octanol–water partition coefficient (Wildman–Crippen LogP) is 1.21. The van der Waals surface area contributed by atoms with E-state index >= 15 is 0 Å². The van der Waals surface area contributed by atoms with E-state index in [0.717, 1.165) is 55.4 Å². The Bertz CT molecular complexity index is 863. The van der Waals surface area contributed by atoms with Gasteiger partial charge in [-0.25, -0.2) is 9.97 Å². The molecule has 0 radical (unpaired) electrons. The Labute approximate surface area is 155 Å². The molecule has 1 saturated heterocycles. The Hall–Kier alpha value is -2.36. The molecule has 2 N–H and O–H groups in total. The SMILES string of the molecule is OCCNc1cc(N2CCN(Cc3cccc4nsnc34)CC2)ncn1. The van der Waals surface area contributed by atoms with Crippen LogP contribution in [0.4, 0.5) is 11.6 Å². The molecule has 8 nitrogen and oxygen atoms in total. The average molecular weight is 371 g/mol. The fourth-order valence-electron chi connectivity index (χ4n) is 3.17. The summed E-state index contributed by atoms with van der Waals surface area (Å²) in [6.07, 6.45) is 1.57. The van der Waals surface area contributed by atoms with Crippen molar-refractivity contribution in [2.45, 2.75) is 6.54 Å². The highest BCUT2D eigenvalue weighted by molar-refractivity contribution is 7.00. The topological polar surface area (TPSA) is 90.3 Å². The molecule has 0 bridgehead atoms. The first-order valence-corrected chi connectivity index (χ1v) is 9.41. The van der Waals surface area contributed by atoms with E-state index in [1.54, 1.807) is 6.33 Å². The summed E-state index contributed by atoms with van der Waals surface area (Å²) < 4.78 is 8.75. The minimum atomic E-state index is 0.0826. The minimum absolute atomic E-state index is 0.0826. The second-order valence-electron chi connectivity index (χ2n) is 6.22. The molecule has 1 fully saturated rings. The molecule has 4 rings (SSSR count). The second-order valence-corrected chi connectivity index (χ2v) is 6.75. The molecule has 136 valence electrons. The fourth-order valence-corrected chi connectivity index (χ4v) is 3.73. The van der Waals surface area contributed by atoms with Crippen molar-refractivity contribution < 1.29 is 5.11 Å². The zero-order valence-electron chi connectivity index (χ0n) is 14.4. The highest BCUT2D eigenvalue weighted by Crippen LogP contribution is 2.20. The first-order valence-electron chi connectivity index (χ1n) is 8.68. The van der Waals surface area contributed by atoms with Crippen LogP contribution in [0.25, 0.3) is 11.0 Å². The molecular weight excluding hydrogens is 350 g/mol. The summed E-state index contributed by atoms with van der Waals surface area (Å²) in [5, 5.41) is 12.0. The quantitative estimate of drug-likeness (QED) is 0.668. The number of hydrogen-bond acceptors (Lipinski definition) is 9. The number of nitrogens with one attached hydrogen (secondary N) is 1. The van der Waals surface area contributed by atoms with Crippen LogP contribution in [0, 0.1) is 0 Å². The highest BCUT2D eigenvalue weighted by Gasteiger charge is 2.19. The first kappa shape index (κ1) is 17.1. The Morgan fingerprint density at radius 2 is 2.00 bits per heavy atom. The summed E-state index contributed by atoms with van der Waals surface area (Å²) in [6, 6.07) is 8.14. The molecule has 0 spiro atoms. The Balaban J connectivity index is 1.37. The lowest BCUT2D eigenvalue weighted by Crippen LogP contribution is -2.46. The van der Waals surface area contributed by atoms with Crippen molar-refractivity contribution in [1.29, 1.82) is 0 Å². The van der Waals surface area contributed by atoms with E-state index in [1.165, 1.54) is 17.3 Å². The van der Waals surface area contributed by atoms with Crippen molar-refractivity contribution in [3.63, 3.8) is 0 Å². The van der Waals surface area contributed by atoms with Gasteiger partial charge in [0.25, 0.3) is 0 Å². The minimum Gasteiger partial charge on any atom is -0.395 e. The van der Waals surface area contributed by atoms with Crippen LogP contribution in [-0.4, -0.2) is 68.1 Å². The van der Waals surface area contributed by atoms with Gasteiger partial charge in [-0.15, -0.1) is 0 Å². The van der Waals surface area contributed by atoms with Crippen molar-refractivity contribution >= 4 is 34.4 Å². The molecule has 1 aliphatic rings. The number of aromatic nitrogens is 4. The summed E-state index contributed by atoms with van der Waals surface area (Å²) in [4.78, 5) is 13.3. The standard InChI is InChI=1S/C17H21N7OS/c25-9-4-18-15-10-16(20-12-19-15)24-7-5-23(6-8-24)11-13-2-1-3-14-17(13)22-26-21-14/h1-3,10,12,25H,4-9,11H2,(H,18,19,20). The van der Waals surface area contributed by atoms with Crippen LogP contribution in [0.2, 0.25) is 0 Å². The summed E-state index contributed by atoms with van der Waals surface area (Å²) in [7, 11) is 0. The number of fused-ring (bicyclic) bond motifs is 1. The van der Waals surface area contributed by atoms with Crippen molar-refractivity contribution in [3.8, 4) is 0 Å². The number of aliphatic hydroxyl groups is 1. The highest BCUT2D eigenvalue weighted by atomic mass is 32.1. The van der Waals surface area contributed by atoms with Gasteiger partial charge in [0.15, 0.2) is 0 Å². The van der Waals surface area contributed by atoms with Gasteiger partial charge in [-0.3, -0.25) is 4.90 Å². The van der Waals surface area contributed by atoms with E-state index in [4.69, 9.17) is 5.11 Å². The molecule has 3 aromatic rings. The first-order chi connectivity index (χ1) is 12.8. The molecule has 1 aromatic carbocycles. The third-order valence-electron chi connectivity index (χ3n) is 4.53. The van der Waals surface area contributed by atoms with E-state index in [0.29, 0.717) is 6.54 Å². The Morgan fingerprint density at radius 1 is 1.12 bits per heavy atom.